The third-order valence-corrected chi connectivity index (χ3v) is 3.36. The summed E-state index contributed by atoms with van der Waals surface area (Å²) in [5.74, 6) is 0.537. The standard InChI is InChI=1S/C18H32O2/c1-4-7-8-10-14-17(13-5-2)15-11-9-12-16-18(19)20-6-3/h5,11,15,17H,2,4,6-10,12-14,16H2,1,3H3/b15-11-. The zero-order chi connectivity index (χ0) is 15.1. The molecule has 0 spiro atoms. The molecular formula is C18H32O2. The van der Waals surface area contributed by atoms with Crippen molar-refractivity contribution < 1.29 is 9.53 Å². The van der Waals surface area contributed by atoms with Gasteiger partial charge in [-0.05, 0) is 38.5 Å². The van der Waals surface area contributed by atoms with Crippen LogP contribution in [0.1, 0.15) is 71.6 Å². The van der Waals surface area contributed by atoms with Crippen LogP contribution in [0.15, 0.2) is 24.8 Å². The van der Waals surface area contributed by atoms with Crippen molar-refractivity contribution in [2.75, 3.05) is 6.61 Å². The molecule has 0 aliphatic rings. The Morgan fingerprint density at radius 2 is 2.00 bits per heavy atom. The maximum atomic E-state index is 11.2. The van der Waals surface area contributed by atoms with Gasteiger partial charge in [-0.15, -0.1) is 6.58 Å². The van der Waals surface area contributed by atoms with Gasteiger partial charge in [0.15, 0.2) is 0 Å². The van der Waals surface area contributed by atoms with E-state index in [4.69, 9.17) is 4.74 Å². The molecule has 1 unspecified atom stereocenters. The molecule has 0 aromatic heterocycles. The summed E-state index contributed by atoms with van der Waals surface area (Å²) < 4.78 is 4.91. The number of ether oxygens (including phenoxy) is 1. The fourth-order valence-corrected chi connectivity index (χ4v) is 2.23. The second kappa shape index (κ2) is 14.4. The first-order chi connectivity index (χ1) is 9.74. The Bertz CT molecular complexity index is 269. The Kier molecular flexibility index (Phi) is 13.6. The predicted octanol–water partition coefficient (Wildman–Crippen LogP) is 5.44. The molecule has 1 atom stereocenters. The lowest BCUT2D eigenvalue weighted by atomic mass is 9.96. The molecular weight excluding hydrogens is 248 g/mol. The zero-order valence-corrected chi connectivity index (χ0v) is 13.4. The van der Waals surface area contributed by atoms with E-state index in [0.29, 0.717) is 18.9 Å². The number of hydrogen-bond donors (Lipinski definition) is 0. The fourth-order valence-electron chi connectivity index (χ4n) is 2.23. The van der Waals surface area contributed by atoms with Crippen LogP contribution in [0.2, 0.25) is 0 Å². The van der Waals surface area contributed by atoms with Gasteiger partial charge in [-0.25, -0.2) is 0 Å². The minimum atomic E-state index is -0.0805. The molecule has 0 saturated heterocycles. The summed E-state index contributed by atoms with van der Waals surface area (Å²) in [5.41, 5.74) is 0. The first-order valence-corrected chi connectivity index (χ1v) is 8.17. The number of rotatable bonds is 13. The Balaban J connectivity index is 3.78. The highest BCUT2D eigenvalue weighted by molar-refractivity contribution is 5.69. The number of allylic oxidation sites excluding steroid dienone is 3. The summed E-state index contributed by atoms with van der Waals surface area (Å²) in [4.78, 5) is 11.2. The molecule has 0 N–H and O–H groups in total. The summed E-state index contributed by atoms with van der Waals surface area (Å²) in [7, 11) is 0. The normalized spacial score (nSPS) is 12.5. The van der Waals surface area contributed by atoms with Gasteiger partial charge in [-0.1, -0.05) is 50.8 Å². The van der Waals surface area contributed by atoms with E-state index >= 15 is 0 Å². The van der Waals surface area contributed by atoms with Gasteiger partial charge in [0.2, 0.25) is 0 Å². The van der Waals surface area contributed by atoms with Gasteiger partial charge in [0, 0.05) is 6.42 Å². The van der Waals surface area contributed by atoms with E-state index in [2.05, 4.69) is 25.7 Å². The molecule has 0 saturated carbocycles. The summed E-state index contributed by atoms with van der Waals surface area (Å²) >= 11 is 0. The van der Waals surface area contributed by atoms with E-state index < -0.39 is 0 Å². The maximum absolute atomic E-state index is 11.2. The highest BCUT2D eigenvalue weighted by atomic mass is 16.5. The lowest BCUT2D eigenvalue weighted by Crippen LogP contribution is -2.02. The lowest BCUT2D eigenvalue weighted by Gasteiger charge is -2.10. The van der Waals surface area contributed by atoms with E-state index in [1.165, 1.54) is 32.1 Å². The quantitative estimate of drug-likeness (QED) is 0.255. The van der Waals surface area contributed by atoms with Gasteiger partial charge in [-0.2, -0.15) is 0 Å². The molecule has 0 rings (SSSR count). The second-order valence-electron chi connectivity index (χ2n) is 5.26. The smallest absolute Gasteiger partial charge is 0.305 e. The SMILES string of the molecule is C=CCC(/C=C\CCCC(=O)OCC)CCCCCC. The van der Waals surface area contributed by atoms with Gasteiger partial charge in [0.1, 0.15) is 0 Å². The molecule has 2 heteroatoms. The molecule has 20 heavy (non-hydrogen) atoms. The van der Waals surface area contributed by atoms with Gasteiger partial charge in [-0.3, -0.25) is 4.79 Å². The predicted molar refractivity (Wildman–Crippen MR) is 86.7 cm³/mol. The molecule has 0 aliphatic heterocycles. The summed E-state index contributed by atoms with van der Waals surface area (Å²) in [6, 6.07) is 0. The van der Waals surface area contributed by atoms with Crippen molar-refractivity contribution in [3.63, 3.8) is 0 Å². The lowest BCUT2D eigenvalue weighted by molar-refractivity contribution is -0.143. The molecule has 0 heterocycles. The molecule has 0 aliphatic carbocycles. The molecule has 0 fully saturated rings. The highest BCUT2D eigenvalue weighted by Gasteiger charge is 2.03. The fraction of sp³-hybridized carbons (Fsp3) is 0.722. The first-order valence-electron chi connectivity index (χ1n) is 8.17. The topological polar surface area (TPSA) is 26.3 Å². The van der Waals surface area contributed by atoms with E-state index in [1.54, 1.807) is 0 Å². The Morgan fingerprint density at radius 1 is 1.20 bits per heavy atom. The minimum absolute atomic E-state index is 0.0805. The van der Waals surface area contributed by atoms with Crippen molar-refractivity contribution in [1.29, 1.82) is 0 Å². The largest absolute Gasteiger partial charge is 0.466 e. The van der Waals surface area contributed by atoms with E-state index in [1.807, 2.05) is 13.0 Å². The average molecular weight is 280 g/mol. The van der Waals surface area contributed by atoms with Crippen LogP contribution in [-0.2, 0) is 9.53 Å². The number of hydrogen-bond acceptors (Lipinski definition) is 2. The monoisotopic (exact) mass is 280 g/mol. The first kappa shape index (κ1) is 18.9. The molecule has 0 aromatic carbocycles. The summed E-state index contributed by atoms with van der Waals surface area (Å²) in [6.07, 6.45) is 16.5. The third kappa shape index (κ3) is 12.0. The van der Waals surface area contributed by atoms with Crippen molar-refractivity contribution in [3.05, 3.63) is 24.8 Å². The van der Waals surface area contributed by atoms with E-state index in [0.717, 1.165) is 19.3 Å². The van der Waals surface area contributed by atoms with Crippen LogP contribution in [-0.4, -0.2) is 12.6 Å². The number of carbonyl (C=O) groups excluding carboxylic acids is 1. The second-order valence-corrected chi connectivity index (χ2v) is 5.26. The van der Waals surface area contributed by atoms with Crippen LogP contribution in [0.25, 0.3) is 0 Å². The van der Waals surface area contributed by atoms with Crippen molar-refractivity contribution in [2.45, 2.75) is 71.6 Å². The van der Waals surface area contributed by atoms with E-state index in [9.17, 15) is 4.79 Å². The Hall–Kier alpha value is -1.05. The van der Waals surface area contributed by atoms with Crippen LogP contribution in [0.5, 0.6) is 0 Å². The van der Waals surface area contributed by atoms with Gasteiger partial charge in [0.05, 0.1) is 6.61 Å². The van der Waals surface area contributed by atoms with Crippen molar-refractivity contribution in [2.24, 2.45) is 5.92 Å². The maximum Gasteiger partial charge on any atom is 0.305 e. The molecule has 0 aromatic rings. The molecule has 0 bridgehead atoms. The average Bonchev–Trinajstić information content (AvgIpc) is 2.43. The summed E-state index contributed by atoms with van der Waals surface area (Å²) in [5, 5.41) is 0. The van der Waals surface area contributed by atoms with E-state index in [-0.39, 0.29) is 5.97 Å². The number of unbranched alkanes of at least 4 members (excludes halogenated alkanes) is 4. The van der Waals surface area contributed by atoms with Crippen molar-refractivity contribution >= 4 is 5.97 Å². The molecule has 2 nitrogen and oxygen atoms in total. The van der Waals surface area contributed by atoms with Gasteiger partial charge < -0.3 is 4.74 Å². The van der Waals surface area contributed by atoms with Gasteiger partial charge in [0.25, 0.3) is 0 Å². The van der Waals surface area contributed by atoms with Crippen molar-refractivity contribution in [3.8, 4) is 0 Å². The summed E-state index contributed by atoms with van der Waals surface area (Å²) in [6.45, 7) is 8.40. The molecule has 0 amide bonds. The third-order valence-electron chi connectivity index (χ3n) is 3.36. The van der Waals surface area contributed by atoms with Crippen LogP contribution in [0.4, 0.5) is 0 Å². The number of esters is 1. The van der Waals surface area contributed by atoms with Crippen LogP contribution >= 0.6 is 0 Å². The number of carbonyl (C=O) groups is 1. The molecule has 116 valence electrons. The minimum Gasteiger partial charge on any atom is -0.466 e. The van der Waals surface area contributed by atoms with Crippen LogP contribution < -0.4 is 0 Å². The Morgan fingerprint density at radius 3 is 2.65 bits per heavy atom. The van der Waals surface area contributed by atoms with Gasteiger partial charge >= 0.3 is 5.97 Å². The van der Waals surface area contributed by atoms with Crippen LogP contribution in [0, 0.1) is 5.92 Å². The highest BCUT2D eigenvalue weighted by Crippen LogP contribution is 2.17. The Labute approximate surface area is 125 Å². The molecule has 0 radical (unpaired) electrons. The van der Waals surface area contributed by atoms with Crippen LogP contribution in [0.3, 0.4) is 0 Å². The zero-order valence-electron chi connectivity index (χ0n) is 13.4. The van der Waals surface area contributed by atoms with Crippen molar-refractivity contribution in [1.82, 2.24) is 0 Å².